The van der Waals surface area contributed by atoms with Crippen molar-refractivity contribution in [2.24, 2.45) is 0 Å². The van der Waals surface area contributed by atoms with E-state index in [1.165, 1.54) is 16.7 Å². The lowest BCUT2D eigenvalue weighted by atomic mass is 9.96. The van der Waals surface area contributed by atoms with E-state index in [9.17, 15) is 0 Å². The van der Waals surface area contributed by atoms with Crippen LogP contribution in [0, 0.1) is 6.92 Å². The Labute approximate surface area is 96.5 Å². The second-order valence-electron chi connectivity index (χ2n) is 4.18. The summed E-state index contributed by atoms with van der Waals surface area (Å²) in [4.78, 5) is 4.24. The van der Waals surface area contributed by atoms with Gasteiger partial charge < -0.3 is 10.1 Å². The van der Waals surface area contributed by atoms with Gasteiger partial charge in [0.2, 0.25) is 0 Å². The van der Waals surface area contributed by atoms with E-state index in [2.05, 4.69) is 23.3 Å². The Morgan fingerprint density at radius 2 is 2.31 bits per heavy atom. The monoisotopic (exact) mass is 218 g/mol. The average Bonchev–Trinajstić information content (AvgIpc) is 2.31. The molecule has 3 heteroatoms. The van der Waals surface area contributed by atoms with E-state index in [4.69, 9.17) is 4.74 Å². The van der Waals surface area contributed by atoms with Gasteiger partial charge in [-0.1, -0.05) is 6.07 Å². The van der Waals surface area contributed by atoms with Gasteiger partial charge >= 0.3 is 0 Å². The first-order valence-electron chi connectivity index (χ1n) is 5.70. The largest absolute Gasteiger partial charge is 0.501 e. The molecule has 0 saturated heterocycles. The highest BCUT2D eigenvalue weighted by molar-refractivity contribution is 5.28. The number of aromatic nitrogens is 1. The Hall–Kier alpha value is -1.35. The lowest BCUT2D eigenvalue weighted by Crippen LogP contribution is -2.21. The predicted molar refractivity (Wildman–Crippen MR) is 64.0 cm³/mol. The summed E-state index contributed by atoms with van der Waals surface area (Å²) < 4.78 is 5.39. The first-order chi connectivity index (χ1) is 7.81. The minimum atomic E-state index is 0.229. The zero-order valence-corrected chi connectivity index (χ0v) is 9.86. The number of ether oxygens (including phenoxy) is 1. The van der Waals surface area contributed by atoms with E-state index in [0.29, 0.717) is 0 Å². The number of rotatable bonds is 3. The summed E-state index contributed by atoms with van der Waals surface area (Å²) in [5.74, 6) is 0. The molecule has 0 fully saturated rings. The minimum Gasteiger partial charge on any atom is -0.501 e. The quantitative estimate of drug-likeness (QED) is 0.845. The highest BCUT2D eigenvalue weighted by atomic mass is 16.5. The molecule has 1 N–H and O–H groups in total. The molecule has 2 rings (SSSR count). The van der Waals surface area contributed by atoms with Gasteiger partial charge in [0.1, 0.15) is 0 Å². The van der Waals surface area contributed by atoms with Crippen LogP contribution in [0.15, 0.2) is 30.3 Å². The Balaban J connectivity index is 2.25. The molecule has 0 radical (unpaired) electrons. The van der Waals surface area contributed by atoms with Crippen molar-refractivity contribution < 1.29 is 4.74 Å². The lowest BCUT2D eigenvalue weighted by Gasteiger charge is -2.23. The van der Waals surface area contributed by atoms with Crippen molar-refractivity contribution in [1.29, 1.82) is 0 Å². The van der Waals surface area contributed by atoms with Crippen LogP contribution in [0.1, 0.15) is 30.0 Å². The van der Waals surface area contributed by atoms with Crippen LogP contribution >= 0.6 is 0 Å². The summed E-state index contributed by atoms with van der Waals surface area (Å²) in [6.45, 7) is 2.90. The summed E-state index contributed by atoms with van der Waals surface area (Å²) >= 11 is 0. The molecule has 3 nitrogen and oxygen atoms in total. The van der Waals surface area contributed by atoms with Gasteiger partial charge in [-0.15, -0.1) is 0 Å². The SMILES string of the molecule is CNC(C1=COCCC1)c1cncc(C)c1. The molecule has 0 saturated carbocycles. The van der Waals surface area contributed by atoms with Crippen molar-refractivity contribution >= 4 is 0 Å². The van der Waals surface area contributed by atoms with Crippen LogP contribution in [0.25, 0.3) is 0 Å². The van der Waals surface area contributed by atoms with Gasteiger partial charge in [-0.25, -0.2) is 0 Å². The summed E-state index contributed by atoms with van der Waals surface area (Å²) in [6.07, 6.45) is 7.89. The van der Waals surface area contributed by atoms with Crippen molar-refractivity contribution in [3.05, 3.63) is 41.4 Å². The van der Waals surface area contributed by atoms with E-state index in [-0.39, 0.29) is 6.04 Å². The van der Waals surface area contributed by atoms with Crippen LogP contribution in [0.5, 0.6) is 0 Å². The Bertz CT molecular complexity index is 387. The van der Waals surface area contributed by atoms with E-state index in [0.717, 1.165) is 19.4 Å². The predicted octanol–water partition coefficient (Wildman–Crippen LogP) is 2.34. The molecule has 86 valence electrons. The standard InChI is InChI=1S/C13H18N2O/c1-10-6-12(8-15-7-10)13(14-2)11-4-3-5-16-9-11/h6-9,13-14H,3-5H2,1-2H3. The second-order valence-corrected chi connectivity index (χ2v) is 4.18. The van der Waals surface area contributed by atoms with Crippen molar-refractivity contribution in [1.82, 2.24) is 10.3 Å². The first kappa shape index (κ1) is 11.1. The minimum absolute atomic E-state index is 0.229. The molecule has 1 unspecified atom stereocenters. The molecule has 1 aromatic rings. The molecule has 1 aliphatic rings. The molecular weight excluding hydrogens is 200 g/mol. The van der Waals surface area contributed by atoms with Crippen LogP contribution < -0.4 is 5.32 Å². The highest BCUT2D eigenvalue weighted by Crippen LogP contribution is 2.27. The van der Waals surface area contributed by atoms with Crippen molar-refractivity contribution in [3.63, 3.8) is 0 Å². The number of nitrogens with one attached hydrogen (secondary N) is 1. The topological polar surface area (TPSA) is 34.1 Å². The summed E-state index contributed by atoms with van der Waals surface area (Å²) in [5, 5.41) is 3.33. The second kappa shape index (κ2) is 5.12. The Kier molecular flexibility index (Phi) is 3.57. The third-order valence-electron chi connectivity index (χ3n) is 2.85. The van der Waals surface area contributed by atoms with Crippen molar-refractivity contribution in [2.75, 3.05) is 13.7 Å². The lowest BCUT2D eigenvalue weighted by molar-refractivity contribution is 0.220. The van der Waals surface area contributed by atoms with E-state index in [1.807, 2.05) is 25.7 Å². The number of aryl methyl sites for hydroxylation is 1. The van der Waals surface area contributed by atoms with E-state index < -0.39 is 0 Å². The van der Waals surface area contributed by atoms with Crippen LogP contribution in [-0.4, -0.2) is 18.6 Å². The molecule has 1 aliphatic heterocycles. The fraction of sp³-hybridized carbons (Fsp3) is 0.462. The normalized spacial score (nSPS) is 17.5. The van der Waals surface area contributed by atoms with Gasteiger partial charge in [0, 0.05) is 12.4 Å². The fourth-order valence-corrected chi connectivity index (χ4v) is 2.10. The molecule has 0 amide bonds. The molecule has 1 aromatic heterocycles. The number of pyridine rings is 1. The third kappa shape index (κ3) is 2.42. The van der Waals surface area contributed by atoms with Crippen LogP contribution in [-0.2, 0) is 4.74 Å². The number of likely N-dealkylation sites (N-methyl/N-ethyl adjacent to an activating group) is 1. The maximum atomic E-state index is 5.39. The molecule has 0 bridgehead atoms. The maximum Gasteiger partial charge on any atom is 0.0876 e. The Morgan fingerprint density at radius 3 is 2.94 bits per heavy atom. The summed E-state index contributed by atoms with van der Waals surface area (Å²) in [6, 6.07) is 2.40. The molecule has 0 aliphatic carbocycles. The fourth-order valence-electron chi connectivity index (χ4n) is 2.10. The third-order valence-corrected chi connectivity index (χ3v) is 2.85. The maximum absolute atomic E-state index is 5.39. The van der Waals surface area contributed by atoms with Gasteiger partial charge in [0.25, 0.3) is 0 Å². The van der Waals surface area contributed by atoms with Gasteiger partial charge in [0.15, 0.2) is 0 Å². The van der Waals surface area contributed by atoms with Gasteiger partial charge in [-0.05, 0) is 43.5 Å². The van der Waals surface area contributed by atoms with Crippen LogP contribution in [0.4, 0.5) is 0 Å². The zero-order chi connectivity index (χ0) is 11.4. The molecular formula is C13H18N2O. The number of hydrogen-bond acceptors (Lipinski definition) is 3. The van der Waals surface area contributed by atoms with E-state index in [1.54, 1.807) is 0 Å². The molecule has 2 heterocycles. The molecule has 1 atom stereocenters. The molecule has 0 spiro atoms. The van der Waals surface area contributed by atoms with Gasteiger partial charge in [-0.2, -0.15) is 0 Å². The smallest absolute Gasteiger partial charge is 0.0876 e. The average molecular weight is 218 g/mol. The van der Waals surface area contributed by atoms with Crippen molar-refractivity contribution in [2.45, 2.75) is 25.8 Å². The first-order valence-corrected chi connectivity index (χ1v) is 5.70. The van der Waals surface area contributed by atoms with Crippen molar-refractivity contribution in [3.8, 4) is 0 Å². The summed E-state index contributed by atoms with van der Waals surface area (Å²) in [7, 11) is 1.97. The van der Waals surface area contributed by atoms with E-state index >= 15 is 0 Å². The summed E-state index contributed by atoms with van der Waals surface area (Å²) in [5.41, 5.74) is 3.70. The van der Waals surface area contributed by atoms with Crippen LogP contribution in [0.3, 0.4) is 0 Å². The zero-order valence-electron chi connectivity index (χ0n) is 9.86. The molecule has 16 heavy (non-hydrogen) atoms. The number of nitrogens with zero attached hydrogens (tertiary/aromatic N) is 1. The Morgan fingerprint density at radius 1 is 1.44 bits per heavy atom. The van der Waals surface area contributed by atoms with Gasteiger partial charge in [0.05, 0.1) is 18.9 Å². The van der Waals surface area contributed by atoms with Gasteiger partial charge in [-0.3, -0.25) is 4.98 Å². The highest BCUT2D eigenvalue weighted by Gasteiger charge is 2.17. The molecule has 0 aromatic carbocycles. The number of hydrogen-bond donors (Lipinski definition) is 1. The van der Waals surface area contributed by atoms with Crippen LogP contribution in [0.2, 0.25) is 0 Å².